The highest BCUT2D eigenvalue weighted by molar-refractivity contribution is 5.69. The van der Waals surface area contributed by atoms with Crippen LogP contribution >= 0.6 is 0 Å². The van der Waals surface area contributed by atoms with E-state index in [1.165, 1.54) is 4.57 Å². The Morgan fingerprint density at radius 2 is 1.66 bits per heavy atom. The van der Waals surface area contributed by atoms with E-state index in [0.717, 1.165) is 17.7 Å². The molecule has 0 saturated heterocycles. The van der Waals surface area contributed by atoms with Gasteiger partial charge in [-0.25, -0.2) is 9.97 Å². The number of hydrogen-bond donors (Lipinski definition) is 0. The molecule has 2 aromatic carbocycles. The molecule has 0 amide bonds. The van der Waals surface area contributed by atoms with Gasteiger partial charge in [0.2, 0.25) is 0 Å². The summed E-state index contributed by atoms with van der Waals surface area (Å²) in [7, 11) is 3.28. The molecule has 29 heavy (non-hydrogen) atoms. The Hall–Kier alpha value is -3.74. The second-order valence-electron chi connectivity index (χ2n) is 6.55. The smallest absolute Gasteiger partial charge is 0.324 e. The van der Waals surface area contributed by atoms with E-state index in [1.807, 2.05) is 30.3 Å². The van der Waals surface area contributed by atoms with Gasteiger partial charge in [0.05, 0.1) is 13.3 Å². The van der Waals surface area contributed by atoms with Gasteiger partial charge in [-0.2, -0.15) is 4.98 Å². The maximum absolute atomic E-state index is 12.7. The average Bonchev–Trinajstić information content (AvgIpc) is 2.77. The largest absolute Gasteiger partial charge is 0.497 e. The highest BCUT2D eigenvalue weighted by atomic mass is 16.5. The summed E-state index contributed by atoms with van der Waals surface area (Å²) in [6, 6.07) is 17.3. The lowest BCUT2D eigenvalue weighted by Gasteiger charge is -2.09. The summed E-state index contributed by atoms with van der Waals surface area (Å²) >= 11 is 0. The third-order valence-corrected chi connectivity index (χ3v) is 4.61. The van der Waals surface area contributed by atoms with E-state index >= 15 is 0 Å². The zero-order valence-electron chi connectivity index (χ0n) is 16.2. The summed E-state index contributed by atoms with van der Waals surface area (Å²) in [6.07, 6.45) is 2.87. The van der Waals surface area contributed by atoms with Crippen molar-refractivity contribution in [3.05, 3.63) is 82.4 Å². The number of nitrogens with zero attached hydrogens (tertiary/aromatic N) is 4. The van der Waals surface area contributed by atoms with Gasteiger partial charge in [0, 0.05) is 7.05 Å². The topological polar surface area (TPSA) is 79.1 Å². The van der Waals surface area contributed by atoms with Gasteiger partial charge in [0.15, 0.2) is 5.65 Å². The highest BCUT2D eigenvalue weighted by Crippen LogP contribution is 2.22. The van der Waals surface area contributed by atoms with Crippen LogP contribution in [-0.4, -0.2) is 26.6 Å². The normalized spacial score (nSPS) is 10.8. The maximum Gasteiger partial charge on any atom is 0.324 e. The number of ether oxygens (including phenoxy) is 2. The summed E-state index contributed by atoms with van der Waals surface area (Å²) in [4.78, 5) is 25.8. The van der Waals surface area contributed by atoms with E-state index in [1.54, 1.807) is 44.6 Å². The third kappa shape index (κ3) is 4.08. The van der Waals surface area contributed by atoms with E-state index in [0.29, 0.717) is 29.0 Å². The van der Waals surface area contributed by atoms with Crippen LogP contribution in [0.1, 0.15) is 11.3 Å². The van der Waals surface area contributed by atoms with Crippen LogP contribution < -0.4 is 15.0 Å². The fourth-order valence-electron chi connectivity index (χ4n) is 3.03. The highest BCUT2D eigenvalue weighted by Gasteiger charge is 2.12. The van der Waals surface area contributed by atoms with Gasteiger partial charge in [-0.1, -0.05) is 30.3 Å². The van der Waals surface area contributed by atoms with E-state index in [-0.39, 0.29) is 11.6 Å². The van der Waals surface area contributed by atoms with Crippen LogP contribution in [0.15, 0.2) is 65.6 Å². The number of hydrogen-bond acceptors (Lipinski definition) is 6. The summed E-state index contributed by atoms with van der Waals surface area (Å²) in [5.74, 6) is 1.30. The van der Waals surface area contributed by atoms with Gasteiger partial charge in [-0.3, -0.25) is 9.36 Å². The van der Waals surface area contributed by atoms with Crippen LogP contribution in [0.25, 0.3) is 11.2 Å². The van der Waals surface area contributed by atoms with Crippen molar-refractivity contribution in [1.29, 1.82) is 0 Å². The molecule has 7 nitrogen and oxygen atoms in total. The molecule has 0 aliphatic heterocycles. The van der Waals surface area contributed by atoms with Crippen LogP contribution in [-0.2, 0) is 19.9 Å². The van der Waals surface area contributed by atoms with Gasteiger partial charge in [-0.15, -0.1) is 0 Å². The Labute approximate surface area is 167 Å². The monoisotopic (exact) mass is 388 g/mol. The van der Waals surface area contributed by atoms with E-state index < -0.39 is 0 Å². The molecule has 0 atom stereocenters. The molecule has 0 radical (unpaired) electrons. The standard InChI is InChI=1S/C22H20N4O3/c1-26-20-19(24-18(21(26)27)13-8-15-6-4-3-5-7-15)14-23-22(25-20)29-17-11-9-16(28-2)10-12-17/h3-7,9-12,14H,8,13H2,1-2H3. The molecule has 0 aliphatic rings. The van der Waals surface area contributed by atoms with Crippen molar-refractivity contribution >= 4 is 11.2 Å². The lowest BCUT2D eigenvalue weighted by molar-refractivity contribution is 0.410. The van der Waals surface area contributed by atoms with Crippen molar-refractivity contribution in [1.82, 2.24) is 19.5 Å². The molecule has 0 N–H and O–H groups in total. The molecule has 2 aromatic heterocycles. The molecular formula is C22H20N4O3. The van der Waals surface area contributed by atoms with Crippen LogP contribution in [0.4, 0.5) is 0 Å². The molecule has 0 aliphatic carbocycles. The zero-order chi connectivity index (χ0) is 20.2. The number of aryl methyl sites for hydroxylation is 3. The average molecular weight is 388 g/mol. The Bertz CT molecular complexity index is 1190. The predicted molar refractivity (Wildman–Crippen MR) is 109 cm³/mol. The van der Waals surface area contributed by atoms with Gasteiger partial charge in [0.25, 0.3) is 5.56 Å². The lowest BCUT2D eigenvalue weighted by atomic mass is 10.1. The molecule has 0 spiro atoms. The summed E-state index contributed by atoms with van der Waals surface area (Å²) in [5.41, 5.74) is 2.48. The number of methoxy groups -OCH3 is 1. The minimum atomic E-state index is -0.164. The fraction of sp³-hybridized carbons (Fsp3) is 0.182. The van der Waals surface area contributed by atoms with Crippen molar-refractivity contribution in [2.45, 2.75) is 12.8 Å². The molecule has 0 unspecified atom stereocenters. The SMILES string of the molecule is COc1ccc(Oc2ncc3nc(CCc4ccccc4)c(=O)n(C)c3n2)cc1. The van der Waals surface area contributed by atoms with Crippen LogP contribution in [0.2, 0.25) is 0 Å². The Kier molecular flexibility index (Phi) is 5.20. The molecule has 0 bridgehead atoms. The van der Waals surface area contributed by atoms with Gasteiger partial charge >= 0.3 is 6.01 Å². The second kappa shape index (κ2) is 8.10. The molecule has 0 fully saturated rings. The first-order valence-electron chi connectivity index (χ1n) is 9.22. The van der Waals surface area contributed by atoms with Crippen molar-refractivity contribution in [2.75, 3.05) is 7.11 Å². The van der Waals surface area contributed by atoms with E-state index in [9.17, 15) is 4.79 Å². The minimum absolute atomic E-state index is 0.150. The number of fused-ring (bicyclic) bond motifs is 1. The Balaban J connectivity index is 1.60. The van der Waals surface area contributed by atoms with E-state index in [4.69, 9.17) is 9.47 Å². The summed E-state index contributed by atoms with van der Waals surface area (Å²) in [5, 5.41) is 0. The first kappa shape index (κ1) is 18.6. The zero-order valence-corrected chi connectivity index (χ0v) is 16.2. The first-order chi connectivity index (χ1) is 14.1. The molecule has 4 rings (SSSR count). The predicted octanol–water partition coefficient (Wildman–Crippen LogP) is 3.31. The molecule has 2 heterocycles. The second-order valence-corrected chi connectivity index (χ2v) is 6.55. The van der Waals surface area contributed by atoms with Crippen molar-refractivity contribution in [2.24, 2.45) is 7.05 Å². The summed E-state index contributed by atoms with van der Waals surface area (Å²) in [6.45, 7) is 0. The Morgan fingerprint density at radius 3 is 2.38 bits per heavy atom. The number of rotatable bonds is 6. The molecule has 0 saturated carbocycles. The third-order valence-electron chi connectivity index (χ3n) is 4.61. The van der Waals surface area contributed by atoms with Gasteiger partial charge in [-0.05, 0) is 42.7 Å². The molecule has 4 aromatic rings. The fourth-order valence-corrected chi connectivity index (χ4v) is 3.03. The minimum Gasteiger partial charge on any atom is -0.497 e. The number of aromatic nitrogens is 4. The molecular weight excluding hydrogens is 368 g/mol. The van der Waals surface area contributed by atoms with Gasteiger partial charge in [0.1, 0.15) is 22.7 Å². The van der Waals surface area contributed by atoms with Crippen molar-refractivity contribution in [3.8, 4) is 17.5 Å². The van der Waals surface area contributed by atoms with Crippen LogP contribution in [0, 0.1) is 0 Å². The maximum atomic E-state index is 12.7. The number of benzene rings is 2. The quantitative estimate of drug-likeness (QED) is 0.504. The lowest BCUT2D eigenvalue weighted by Crippen LogP contribution is -2.24. The summed E-state index contributed by atoms with van der Waals surface area (Å²) < 4.78 is 12.3. The first-order valence-corrected chi connectivity index (χ1v) is 9.22. The Morgan fingerprint density at radius 1 is 0.931 bits per heavy atom. The van der Waals surface area contributed by atoms with Crippen molar-refractivity contribution < 1.29 is 9.47 Å². The van der Waals surface area contributed by atoms with Gasteiger partial charge < -0.3 is 9.47 Å². The van der Waals surface area contributed by atoms with E-state index in [2.05, 4.69) is 15.0 Å². The molecule has 146 valence electrons. The van der Waals surface area contributed by atoms with Crippen LogP contribution in [0.5, 0.6) is 17.5 Å². The molecule has 7 heteroatoms. The van der Waals surface area contributed by atoms with Crippen LogP contribution in [0.3, 0.4) is 0 Å². The van der Waals surface area contributed by atoms with Crippen molar-refractivity contribution in [3.63, 3.8) is 0 Å².